The normalized spacial score (nSPS) is 29.4. The highest BCUT2D eigenvalue weighted by atomic mass is 19.4. The number of halogens is 3. The van der Waals surface area contributed by atoms with Crippen molar-refractivity contribution in [2.75, 3.05) is 13.1 Å². The van der Waals surface area contributed by atoms with Crippen molar-refractivity contribution >= 4 is 11.8 Å². The maximum atomic E-state index is 12.3. The lowest BCUT2D eigenvalue weighted by molar-refractivity contribution is -0.163. The maximum Gasteiger partial charge on any atom is 0.390 e. The minimum absolute atomic E-state index is 0.0185. The quantitative estimate of drug-likeness (QED) is 0.828. The first-order valence-corrected chi connectivity index (χ1v) is 5.90. The molecule has 102 valence electrons. The molecule has 2 fully saturated rings. The van der Waals surface area contributed by atoms with E-state index < -0.39 is 30.6 Å². The van der Waals surface area contributed by atoms with Gasteiger partial charge in [-0.25, -0.2) is 0 Å². The van der Waals surface area contributed by atoms with Crippen LogP contribution in [0.5, 0.6) is 0 Å². The Balaban J connectivity index is 2.16. The lowest BCUT2D eigenvalue weighted by Crippen LogP contribution is -2.67. The second-order valence-corrected chi connectivity index (χ2v) is 5.02. The Kier molecular flexibility index (Phi) is 3.03. The number of alkyl halides is 3. The summed E-state index contributed by atoms with van der Waals surface area (Å²) in [5.74, 6) is -0.796. The van der Waals surface area contributed by atoms with Crippen molar-refractivity contribution in [3.8, 4) is 0 Å². The van der Waals surface area contributed by atoms with Crippen LogP contribution in [0.1, 0.15) is 26.2 Å². The van der Waals surface area contributed by atoms with Crippen LogP contribution in [0.25, 0.3) is 0 Å². The Labute approximate surface area is 103 Å². The number of amides is 2. The largest absolute Gasteiger partial charge is 0.390 e. The van der Waals surface area contributed by atoms with Crippen LogP contribution in [-0.2, 0) is 9.59 Å². The number of nitrogens with one attached hydrogen (secondary N) is 1. The predicted octanol–water partition coefficient (Wildman–Crippen LogP) is 1.07. The SMILES string of the molecule is CC1(C2CC2)C(=O)NCC(=O)N1CCC(F)(F)F. The van der Waals surface area contributed by atoms with Crippen LogP contribution in [-0.4, -0.2) is 41.5 Å². The highest BCUT2D eigenvalue weighted by Crippen LogP contribution is 2.44. The van der Waals surface area contributed by atoms with Gasteiger partial charge in [-0.05, 0) is 25.7 Å². The first-order valence-electron chi connectivity index (χ1n) is 5.90. The first-order chi connectivity index (χ1) is 8.25. The standard InChI is InChI=1S/C11H15F3N2O2/c1-10(7-2-3-7)9(18)15-6-8(17)16(10)5-4-11(12,13)14/h7H,2-6H2,1H3,(H,15,18). The molecule has 1 atom stereocenters. The molecule has 2 aliphatic rings. The Bertz CT molecular complexity index is 379. The third kappa shape index (κ3) is 2.30. The molecule has 0 radical (unpaired) electrons. The van der Waals surface area contributed by atoms with Crippen molar-refractivity contribution in [3.63, 3.8) is 0 Å². The van der Waals surface area contributed by atoms with Crippen molar-refractivity contribution in [1.82, 2.24) is 10.2 Å². The molecule has 1 unspecified atom stereocenters. The van der Waals surface area contributed by atoms with Crippen LogP contribution >= 0.6 is 0 Å². The van der Waals surface area contributed by atoms with Gasteiger partial charge in [0, 0.05) is 6.54 Å². The summed E-state index contributed by atoms with van der Waals surface area (Å²) < 4.78 is 36.8. The second-order valence-electron chi connectivity index (χ2n) is 5.02. The molecule has 0 aromatic carbocycles. The fourth-order valence-corrected chi connectivity index (χ4v) is 2.46. The van der Waals surface area contributed by atoms with Gasteiger partial charge in [0.2, 0.25) is 11.8 Å². The van der Waals surface area contributed by atoms with Crippen molar-refractivity contribution in [1.29, 1.82) is 0 Å². The molecule has 1 saturated heterocycles. The van der Waals surface area contributed by atoms with E-state index in [1.54, 1.807) is 6.92 Å². The third-order valence-electron chi connectivity index (χ3n) is 3.71. The molecule has 7 heteroatoms. The van der Waals surface area contributed by atoms with E-state index in [4.69, 9.17) is 0 Å². The number of carbonyl (C=O) groups excluding carboxylic acids is 2. The highest BCUT2D eigenvalue weighted by Gasteiger charge is 2.55. The van der Waals surface area contributed by atoms with E-state index in [1.807, 2.05) is 0 Å². The van der Waals surface area contributed by atoms with Crippen molar-refractivity contribution in [3.05, 3.63) is 0 Å². The van der Waals surface area contributed by atoms with Gasteiger partial charge in [0.25, 0.3) is 0 Å². The van der Waals surface area contributed by atoms with Crippen LogP contribution in [0.15, 0.2) is 0 Å². The molecule has 0 spiro atoms. The van der Waals surface area contributed by atoms with Crippen LogP contribution < -0.4 is 5.32 Å². The molecule has 4 nitrogen and oxygen atoms in total. The predicted molar refractivity (Wildman–Crippen MR) is 56.5 cm³/mol. The van der Waals surface area contributed by atoms with E-state index in [1.165, 1.54) is 0 Å². The van der Waals surface area contributed by atoms with Crippen LogP contribution in [0.2, 0.25) is 0 Å². The molecule has 1 heterocycles. The second kappa shape index (κ2) is 4.13. The number of carbonyl (C=O) groups is 2. The van der Waals surface area contributed by atoms with Crippen LogP contribution in [0.3, 0.4) is 0 Å². The zero-order chi connectivity index (χ0) is 13.6. The van der Waals surface area contributed by atoms with Gasteiger partial charge in [-0.15, -0.1) is 0 Å². The van der Waals surface area contributed by atoms with Gasteiger partial charge >= 0.3 is 6.18 Å². The zero-order valence-electron chi connectivity index (χ0n) is 10.0. The average molecular weight is 264 g/mol. The van der Waals surface area contributed by atoms with Gasteiger partial charge in [-0.2, -0.15) is 13.2 Å². The summed E-state index contributed by atoms with van der Waals surface area (Å²) in [5, 5.41) is 2.46. The molecule has 0 aromatic rings. The molecule has 0 bridgehead atoms. The Morgan fingerprint density at radius 1 is 1.39 bits per heavy atom. The molecule has 1 aliphatic heterocycles. The number of hydrogen-bond acceptors (Lipinski definition) is 2. The molecular weight excluding hydrogens is 249 g/mol. The molecule has 1 saturated carbocycles. The Morgan fingerprint density at radius 3 is 2.50 bits per heavy atom. The zero-order valence-corrected chi connectivity index (χ0v) is 10.0. The van der Waals surface area contributed by atoms with Gasteiger partial charge in [0.1, 0.15) is 5.54 Å². The first kappa shape index (κ1) is 13.2. The van der Waals surface area contributed by atoms with E-state index in [2.05, 4.69) is 5.32 Å². The molecular formula is C11H15F3N2O2. The fourth-order valence-electron chi connectivity index (χ4n) is 2.46. The van der Waals surface area contributed by atoms with Crippen molar-refractivity contribution < 1.29 is 22.8 Å². The lowest BCUT2D eigenvalue weighted by atomic mass is 9.89. The van der Waals surface area contributed by atoms with Crippen LogP contribution in [0.4, 0.5) is 13.2 Å². The molecule has 1 aliphatic carbocycles. The van der Waals surface area contributed by atoms with Gasteiger partial charge in [-0.3, -0.25) is 9.59 Å². The van der Waals surface area contributed by atoms with E-state index >= 15 is 0 Å². The number of rotatable bonds is 3. The summed E-state index contributed by atoms with van der Waals surface area (Å²) in [7, 11) is 0. The monoisotopic (exact) mass is 264 g/mol. The molecule has 2 rings (SSSR count). The number of nitrogens with zero attached hydrogens (tertiary/aromatic N) is 1. The van der Waals surface area contributed by atoms with Crippen molar-refractivity contribution in [2.45, 2.75) is 37.9 Å². The van der Waals surface area contributed by atoms with E-state index in [0.717, 1.165) is 17.7 Å². The summed E-state index contributed by atoms with van der Waals surface area (Å²) >= 11 is 0. The van der Waals surface area contributed by atoms with Gasteiger partial charge < -0.3 is 10.2 Å². The van der Waals surface area contributed by atoms with Gasteiger partial charge in [0.05, 0.1) is 13.0 Å². The molecule has 2 amide bonds. The number of hydrogen-bond donors (Lipinski definition) is 1. The maximum absolute atomic E-state index is 12.3. The Hall–Kier alpha value is -1.27. The molecule has 18 heavy (non-hydrogen) atoms. The summed E-state index contributed by atoms with van der Waals surface area (Å²) in [6, 6.07) is 0. The average Bonchev–Trinajstić information content (AvgIpc) is 3.06. The molecule has 1 N–H and O–H groups in total. The molecule has 0 aromatic heterocycles. The topological polar surface area (TPSA) is 49.4 Å². The smallest absolute Gasteiger partial charge is 0.345 e. The van der Waals surface area contributed by atoms with E-state index in [9.17, 15) is 22.8 Å². The van der Waals surface area contributed by atoms with E-state index in [0.29, 0.717) is 0 Å². The summed E-state index contributed by atoms with van der Waals surface area (Å²) in [5.41, 5.74) is -1.11. The van der Waals surface area contributed by atoms with E-state index in [-0.39, 0.29) is 18.4 Å². The van der Waals surface area contributed by atoms with Crippen molar-refractivity contribution in [2.24, 2.45) is 5.92 Å². The minimum Gasteiger partial charge on any atom is -0.345 e. The number of piperazine rings is 1. The summed E-state index contributed by atoms with van der Waals surface area (Å²) in [6.07, 6.45) is -3.84. The summed E-state index contributed by atoms with van der Waals surface area (Å²) in [6.45, 7) is 0.912. The van der Waals surface area contributed by atoms with Gasteiger partial charge in [-0.1, -0.05) is 0 Å². The van der Waals surface area contributed by atoms with Gasteiger partial charge in [0.15, 0.2) is 0 Å². The highest BCUT2D eigenvalue weighted by molar-refractivity contribution is 5.98. The fraction of sp³-hybridized carbons (Fsp3) is 0.818. The third-order valence-corrected chi connectivity index (χ3v) is 3.71. The lowest BCUT2D eigenvalue weighted by Gasteiger charge is -2.44. The Morgan fingerprint density at radius 2 is 2.00 bits per heavy atom. The summed E-state index contributed by atoms with van der Waals surface area (Å²) in [4.78, 5) is 24.7. The van der Waals surface area contributed by atoms with Crippen LogP contribution in [0, 0.1) is 5.92 Å². The minimum atomic E-state index is -4.32.